The Labute approximate surface area is 158 Å². The monoisotopic (exact) mass is 365 g/mol. The summed E-state index contributed by atoms with van der Waals surface area (Å²) in [6.45, 7) is 5.14. The lowest BCUT2D eigenvalue weighted by Gasteiger charge is -2.18. The maximum Gasteiger partial charge on any atom is 0.129 e. The minimum absolute atomic E-state index is 0.284. The molecule has 0 fully saturated rings. The molecule has 2 aromatic heterocycles. The molecule has 26 heavy (non-hydrogen) atoms. The molecule has 0 atom stereocenters. The highest BCUT2D eigenvalue weighted by Crippen LogP contribution is 2.28. The topological polar surface area (TPSA) is 49.3 Å². The van der Waals surface area contributed by atoms with Gasteiger partial charge < -0.3 is 5.11 Å². The first kappa shape index (κ1) is 17.2. The van der Waals surface area contributed by atoms with Crippen molar-refractivity contribution in [2.24, 2.45) is 0 Å². The van der Waals surface area contributed by atoms with E-state index in [-0.39, 0.29) is 5.75 Å². The largest absolute Gasteiger partial charge is 0.508 e. The maximum atomic E-state index is 9.61. The second-order valence-corrected chi connectivity index (χ2v) is 7.50. The summed E-state index contributed by atoms with van der Waals surface area (Å²) in [7, 11) is 0. The van der Waals surface area contributed by atoms with Gasteiger partial charge in [-0.2, -0.15) is 11.3 Å². The normalized spacial score (nSPS) is 14.8. The number of hydrogen-bond acceptors (Lipinski definition) is 5. The van der Waals surface area contributed by atoms with Crippen LogP contribution in [-0.4, -0.2) is 33.1 Å². The van der Waals surface area contributed by atoms with Gasteiger partial charge in [-0.05, 0) is 53.1 Å². The van der Waals surface area contributed by atoms with Crippen LogP contribution in [0.25, 0.3) is 11.3 Å². The number of phenols is 1. The van der Waals surface area contributed by atoms with E-state index in [2.05, 4.69) is 28.7 Å². The fraction of sp³-hybridized carbons (Fsp3) is 0.333. The zero-order valence-corrected chi connectivity index (χ0v) is 15.8. The summed E-state index contributed by atoms with van der Waals surface area (Å²) >= 11 is 1.76. The molecule has 134 valence electrons. The number of fused-ring (bicyclic) bond motifs is 1. The van der Waals surface area contributed by atoms with Crippen LogP contribution in [-0.2, 0) is 25.8 Å². The Hall–Kier alpha value is -2.24. The minimum Gasteiger partial charge on any atom is -0.508 e. The fourth-order valence-corrected chi connectivity index (χ4v) is 4.17. The first-order valence-electron chi connectivity index (χ1n) is 9.14. The molecule has 1 aliphatic rings. The van der Waals surface area contributed by atoms with Gasteiger partial charge in [-0.25, -0.2) is 9.97 Å². The van der Waals surface area contributed by atoms with E-state index in [9.17, 15) is 5.11 Å². The molecule has 0 unspecified atom stereocenters. The average molecular weight is 366 g/mol. The molecule has 0 amide bonds. The van der Waals surface area contributed by atoms with Gasteiger partial charge >= 0.3 is 0 Å². The van der Waals surface area contributed by atoms with Crippen molar-refractivity contribution in [3.8, 4) is 17.0 Å². The lowest BCUT2D eigenvalue weighted by Crippen LogP contribution is -2.25. The summed E-state index contributed by atoms with van der Waals surface area (Å²) in [4.78, 5) is 12.2. The molecule has 0 saturated heterocycles. The molecule has 4 nitrogen and oxygen atoms in total. The Morgan fingerprint density at radius 2 is 1.88 bits per heavy atom. The van der Waals surface area contributed by atoms with Crippen LogP contribution in [0.3, 0.4) is 0 Å². The molecular formula is C21H23N3OS. The van der Waals surface area contributed by atoms with Gasteiger partial charge in [-0.3, -0.25) is 4.90 Å². The molecule has 0 bridgehead atoms. The Kier molecular flexibility index (Phi) is 5.00. The molecule has 4 rings (SSSR count). The van der Waals surface area contributed by atoms with Crippen LogP contribution in [0, 0.1) is 0 Å². The lowest BCUT2D eigenvalue weighted by molar-refractivity contribution is 0.279. The predicted octanol–water partition coefficient (Wildman–Crippen LogP) is 4.07. The predicted molar refractivity (Wildman–Crippen MR) is 106 cm³/mol. The quantitative estimate of drug-likeness (QED) is 0.757. The number of thiophene rings is 1. The Morgan fingerprint density at radius 3 is 2.62 bits per heavy atom. The van der Waals surface area contributed by atoms with Crippen molar-refractivity contribution in [3.63, 3.8) is 0 Å². The van der Waals surface area contributed by atoms with Crippen molar-refractivity contribution < 1.29 is 5.11 Å². The average Bonchev–Trinajstić information content (AvgIpc) is 3.09. The van der Waals surface area contributed by atoms with E-state index in [4.69, 9.17) is 9.97 Å². The number of aryl methyl sites for hydroxylation is 1. The van der Waals surface area contributed by atoms with Gasteiger partial charge in [-0.15, -0.1) is 0 Å². The fourth-order valence-electron chi connectivity index (χ4n) is 3.51. The first-order chi connectivity index (χ1) is 12.7. The number of phenolic OH excluding ortho intramolecular Hbond substituents is 1. The zero-order valence-electron chi connectivity index (χ0n) is 15.0. The van der Waals surface area contributed by atoms with Crippen molar-refractivity contribution in [2.45, 2.75) is 32.7 Å². The van der Waals surface area contributed by atoms with E-state index in [1.54, 1.807) is 23.5 Å². The standard InChI is InChI=1S/C21H23N3OS/c1-2-20-22-19-8-11-24(13-15-9-12-26-14-15)10-7-18(19)21(23-20)16-3-5-17(25)6-4-16/h3-6,9,12,14,25H,2,7-8,10-11,13H2,1H3. The van der Waals surface area contributed by atoms with Crippen LogP contribution in [0.5, 0.6) is 5.75 Å². The third kappa shape index (κ3) is 3.64. The first-order valence-corrected chi connectivity index (χ1v) is 10.1. The van der Waals surface area contributed by atoms with Crippen LogP contribution in [0.2, 0.25) is 0 Å². The molecule has 0 radical (unpaired) electrons. The molecule has 0 spiro atoms. The Morgan fingerprint density at radius 1 is 1.08 bits per heavy atom. The van der Waals surface area contributed by atoms with Gasteiger partial charge in [-0.1, -0.05) is 6.92 Å². The number of benzene rings is 1. The SMILES string of the molecule is CCc1nc2c(c(-c3ccc(O)cc3)n1)CCN(Cc1ccsc1)CC2. The van der Waals surface area contributed by atoms with Crippen LogP contribution >= 0.6 is 11.3 Å². The molecule has 3 heterocycles. The van der Waals surface area contributed by atoms with Gasteiger partial charge in [0.05, 0.1) is 5.69 Å². The summed E-state index contributed by atoms with van der Waals surface area (Å²) in [5, 5.41) is 14.0. The second-order valence-electron chi connectivity index (χ2n) is 6.72. The third-order valence-corrected chi connectivity index (χ3v) is 5.66. The molecule has 3 aromatic rings. The van der Waals surface area contributed by atoms with Crippen LogP contribution in [0.1, 0.15) is 29.6 Å². The molecule has 5 heteroatoms. The highest BCUT2D eigenvalue weighted by atomic mass is 32.1. The number of aromatic nitrogens is 2. The number of rotatable bonds is 4. The smallest absolute Gasteiger partial charge is 0.129 e. The molecule has 1 aliphatic heterocycles. The number of hydrogen-bond donors (Lipinski definition) is 1. The van der Waals surface area contributed by atoms with Crippen molar-refractivity contribution in [2.75, 3.05) is 13.1 Å². The number of aromatic hydroxyl groups is 1. The summed E-state index contributed by atoms with van der Waals surface area (Å²) in [6, 6.07) is 9.57. The third-order valence-electron chi connectivity index (χ3n) is 4.93. The zero-order chi connectivity index (χ0) is 17.9. The van der Waals surface area contributed by atoms with Crippen molar-refractivity contribution >= 4 is 11.3 Å². The van der Waals surface area contributed by atoms with Crippen LogP contribution in [0.4, 0.5) is 0 Å². The van der Waals surface area contributed by atoms with E-state index in [1.807, 2.05) is 12.1 Å². The summed E-state index contributed by atoms with van der Waals surface area (Å²) < 4.78 is 0. The lowest BCUT2D eigenvalue weighted by atomic mass is 10.0. The van der Waals surface area contributed by atoms with Crippen LogP contribution in [0.15, 0.2) is 41.1 Å². The van der Waals surface area contributed by atoms with Gasteiger partial charge in [0.25, 0.3) is 0 Å². The van der Waals surface area contributed by atoms with Gasteiger partial charge in [0.1, 0.15) is 11.6 Å². The highest BCUT2D eigenvalue weighted by molar-refractivity contribution is 7.07. The maximum absolute atomic E-state index is 9.61. The van der Waals surface area contributed by atoms with Gasteiger partial charge in [0.2, 0.25) is 0 Å². The summed E-state index contributed by atoms with van der Waals surface area (Å²) in [6.07, 6.45) is 2.75. The van der Waals surface area contributed by atoms with Crippen molar-refractivity contribution in [1.29, 1.82) is 0 Å². The minimum atomic E-state index is 0.284. The molecular weight excluding hydrogens is 342 g/mol. The van der Waals surface area contributed by atoms with E-state index in [0.717, 1.165) is 56.0 Å². The Bertz CT molecular complexity index is 875. The van der Waals surface area contributed by atoms with Crippen molar-refractivity contribution in [3.05, 3.63) is 63.7 Å². The number of nitrogens with zero attached hydrogens (tertiary/aromatic N) is 3. The molecule has 0 aliphatic carbocycles. The van der Waals surface area contributed by atoms with E-state index < -0.39 is 0 Å². The van der Waals surface area contributed by atoms with E-state index in [0.29, 0.717) is 0 Å². The van der Waals surface area contributed by atoms with Gasteiger partial charge in [0.15, 0.2) is 0 Å². The summed E-state index contributed by atoms with van der Waals surface area (Å²) in [5.74, 6) is 1.18. The second kappa shape index (κ2) is 7.56. The molecule has 0 saturated carbocycles. The van der Waals surface area contributed by atoms with E-state index in [1.165, 1.54) is 16.8 Å². The van der Waals surface area contributed by atoms with Crippen molar-refractivity contribution in [1.82, 2.24) is 14.9 Å². The van der Waals surface area contributed by atoms with E-state index >= 15 is 0 Å². The highest BCUT2D eigenvalue weighted by Gasteiger charge is 2.21. The molecule has 1 N–H and O–H groups in total. The molecule has 1 aromatic carbocycles. The van der Waals surface area contributed by atoms with Gasteiger partial charge in [0, 0.05) is 49.3 Å². The summed E-state index contributed by atoms with van der Waals surface area (Å²) in [5.41, 5.74) is 5.93. The Balaban J connectivity index is 1.65. The van der Waals surface area contributed by atoms with Crippen LogP contribution < -0.4 is 0 Å².